The minimum atomic E-state index is -1.30. The number of carbonyl (C=O) groups excluding carboxylic acids is 1. The number of hydrogen-bond donors (Lipinski definition) is 0. The Kier molecular flexibility index (Phi) is 22.1. The first-order valence-electron chi connectivity index (χ1n) is 10.3. The van der Waals surface area contributed by atoms with Gasteiger partial charge in [0.15, 0.2) is 0 Å². The van der Waals surface area contributed by atoms with E-state index >= 15 is 0 Å². The molecule has 0 amide bonds. The monoisotopic (exact) mass is 410 g/mol. The second-order valence-electron chi connectivity index (χ2n) is 6.67. The lowest BCUT2D eigenvalue weighted by Gasteiger charge is -2.08. The lowest BCUT2D eigenvalue weighted by atomic mass is 10.1. The first-order chi connectivity index (χ1) is 13.6. The van der Waals surface area contributed by atoms with Crippen LogP contribution in [0.3, 0.4) is 0 Å². The van der Waals surface area contributed by atoms with Crippen LogP contribution in [-0.2, 0) is 33.2 Å². The summed E-state index contributed by atoms with van der Waals surface area (Å²) in [6.07, 6.45) is 2.23. The number of halogens is 1. The first kappa shape index (κ1) is 27.4. The van der Waals surface area contributed by atoms with Gasteiger partial charge in [-0.25, -0.2) is 0 Å². The second kappa shape index (κ2) is 22.6. The molecule has 7 nitrogen and oxygen atoms in total. The Morgan fingerprint density at radius 1 is 0.607 bits per heavy atom. The van der Waals surface area contributed by atoms with E-state index in [2.05, 4.69) is 13.8 Å². The van der Waals surface area contributed by atoms with E-state index in [0.29, 0.717) is 85.0 Å². The molecule has 0 saturated carbocycles. The summed E-state index contributed by atoms with van der Waals surface area (Å²) < 4.78 is 44.2. The fraction of sp³-hybridized carbons (Fsp3) is 0.950. The largest absolute Gasteiger partial charge is 0.379 e. The predicted molar refractivity (Wildman–Crippen MR) is 104 cm³/mol. The molecule has 0 aromatic rings. The van der Waals surface area contributed by atoms with Gasteiger partial charge in [0.1, 0.15) is 0 Å². The molecule has 0 bridgehead atoms. The Hall–Kier alpha value is -0.640. The molecule has 0 fully saturated rings. The first-order valence-corrected chi connectivity index (χ1v) is 10.3. The zero-order valence-electron chi connectivity index (χ0n) is 17.6. The van der Waals surface area contributed by atoms with E-state index in [9.17, 15) is 9.18 Å². The predicted octanol–water partition coefficient (Wildman–Crippen LogP) is 2.80. The molecule has 8 heteroatoms. The quantitative estimate of drug-likeness (QED) is 0.189. The number of carbonyl (C=O) groups is 1. The third-order valence-electron chi connectivity index (χ3n) is 3.57. The normalized spacial score (nSPS) is 11.4. The SMILES string of the molecule is CC(C)CCOCCOCCOCCCOCCOCCOCCCC(=O)F. The highest BCUT2D eigenvalue weighted by atomic mass is 19.1. The molecular formula is C20H39FO7. The average molecular weight is 411 g/mol. The van der Waals surface area contributed by atoms with Crippen LogP contribution in [0.15, 0.2) is 0 Å². The molecule has 0 spiro atoms. The van der Waals surface area contributed by atoms with Crippen molar-refractivity contribution in [1.82, 2.24) is 0 Å². The van der Waals surface area contributed by atoms with E-state index in [0.717, 1.165) is 19.4 Å². The summed E-state index contributed by atoms with van der Waals surface area (Å²) in [5.74, 6) is 0.671. The van der Waals surface area contributed by atoms with Crippen LogP contribution in [0.5, 0.6) is 0 Å². The standard InChI is InChI=1S/C20H39FO7/c1-19(2)6-10-26-14-18-28-17-13-25-9-4-8-24-12-16-27-15-11-23-7-3-5-20(21)22/h19H,3-18H2,1-2H3. The summed E-state index contributed by atoms with van der Waals surface area (Å²) in [6, 6.07) is -1.30. The number of hydrogen-bond acceptors (Lipinski definition) is 7. The van der Waals surface area contributed by atoms with Crippen LogP contribution in [0, 0.1) is 5.92 Å². The molecular weight excluding hydrogens is 371 g/mol. The van der Waals surface area contributed by atoms with E-state index in [-0.39, 0.29) is 6.42 Å². The van der Waals surface area contributed by atoms with E-state index < -0.39 is 6.04 Å². The van der Waals surface area contributed by atoms with Gasteiger partial charge in [0.25, 0.3) is 0 Å². The summed E-state index contributed by atoms with van der Waals surface area (Å²) >= 11 is 0. The fourth-order valence-electron chi connectivity index (χ4n) is 1.98. The summed E-state index contributed by atoms with van der Waals surface area (Å²) in [4.78, 5) is 10.1. The maximum absolute atomic E-state index is 11.9. The summed E-state index contributed by atoms with van der Waals surface area (Å²) in [5, 5.41) is 0. The molecule has 0 heterocycles. The van der Waals surface area contributed by atoms with Crippen molar-refractivity contribution < 1.29 is 37.6 Å². The van der Waals surface area contributed by atoms with Crippen LogP contribution in [0.25, 0.3) is 0 Å². The summed E-state index contributed by atoms with van der Waals surface area (Å²) in [7, 11) is 0. The topological polar surface area (TPSA) is 72.5 Å². The van der Waals surface area contributed by atoms with Crippen LogP contribution in [0.1, 0.15) is 39.5 Å². The van der Waals surface area contributed by atoms with Gasteiger partial charge in [-0.3, -0.25) is 4.79 Å². The van der Waals surface area contributed by atoms with Crippen LogP contribution >= 0.6 is 0 Å². The molecule has 0 aliphatic heterocycles. The van der Waals surface area contributed by atoms with E-state index in [1.165, 1.54) is 0 Å². The minimum Gasteiger partial charge on any atom is -0.379 e. The molecule has 168 valence electrons. The van der Waals surface area contributed by atoms with Crippen molar-refractivity contribution in [2.45, 2.75) is 39.5 Å². The third-order valence-corrected chi connectivity index (χ3v) is 3.57. The van der Waals surface area contributed by atoms with Crippen molar-refractivity contribution in [3.8, 4) is 0 Å². The van der Waals surface area contributed by atoms with Gasteiger partial charge in [-0.15, -0.1) is 0 Å². The summed E-state index contributed by atoms with van der Waals surface area (Å²) in [6.45, 7) is 11.1. The minimum absolute atomic E-state index is 0.0844. The van der Waals surface area contributed by atoms with Crippen molar-refractivity contribution in [1.29, 1.82) is 0 Å². The van der Waals surface area contributed by atoms with Gasteiger partial charge in [0, 0.05) is 32.8 Å². The summed E-state index contributed by atoms with van der Waals surface area (Å²) in [5.41, 5.74) is 0. The van der Waals surface area contributed by atoms with Crippen LogP contribution in [0.2, 0.25) is 0 Å². The van der Waals surface area contributed by atoms with Gasteiger partial charge in [0.2, 0.25) is 0 Å². The van der Waals surface area contributed by atoms with Gasteiger partial charge >= 0.3 is 6.04 Å². The van der Waals surface area contributed by atoms with Crippen molar-refractivity contribution in [2.75, 3.05) is 79.3 Å². The lowest BCUT2D eigenvalue weighted by Crippen LogP contribution is -2.12. The van der Waals surface area contributed by atoms with E-state index in [1.54, 1.807) is 0 Å². The fourth-order valence-corrected chi connectivity index (χ4v) is 1.98. The van der Waals surface area contributed by atoms with Crippen molar-refractivity contribution in [3.63, 3.8) is 0 Å². The van der Waals surface area contributed by atoms with E-state index in [4.69, 9.17) is 28.4 Å². The number of ether oxygens (including phenoxy) is 6. The van der Waals surface area contributed by atoms with Crippen molar-refractivity contribution in [3.05, 3.63) is 0 Å². The molecule has 0 aliphatic rings. The molecule has 0 aliphatic carbocycles. The van der Waals surface area contributed by atoms with Crippen molar-refractivity contribution in [2.24, 2.45) is 5.92 Å². The second-order valence-corrected chi connectivity index (χ2v) is 6.67. The molecule has 0 aromatic heterocycles. The zero-order chi connectivity index (χ0) is 20.7. The molecule has 0 atom stereocenters. The van der Waals surface area contributed by atoms with Gasteiger partial charge in [-0.2, -0.15) is 4.39 Å². The molecule has 0 rings (SSSR count). The molecule has 0 aromatic carbocycles. The van der Waals surface area contributed by atoms with Crippen LogP contribution in [-0.4, -0.2) is 85.3 Å². The molecule has 0 N–H and O–H groups in total. The Morgan fingerprint density at radius 3 is 1.36 bits per heavy atom. The Balaban J connectivity index is 3.00. The van der Waals surface area contributed by atoms with Gasteiger partial charge in [-0.05, 0) is 25.2 Å². The maximum atomic E-state index is 11.9. The Bertz CT molecular complexity index is 330. The van der Waals surface area contributed by atoms with Crippen LogP contribution < -0.4 is 0 Å². The lowest BCUT2D eigenvalue weighted by molar-refractivity contribution is -0.129. The molecule has 0 saturated heterocycles. The van der Waals surface area contributed by atoms with Crippen LogP contribution in [0.4, 0.5) is 4.39 Å². The Labute approximate surface area is 169 Å². The smallest absolute Gasteiger partial charge is 0.301 e. The molecule has 0 radical (unpaired) electrons. The third kappa shape index (κ3) is 25.4. The Morgan fingerprint density at radius 2 is 0.964 bits per heavy atom. The van der Waals surface area contributed by atoms with E-state index in [1.807, 2.05) is 0 Å². The highest BCUT2D eigenvalue weighted by molar-refractivity contribution is 5.67. The van der Waals surface area contributed by atoms with Crippen molar-refractivity contribution >= 4 is 6.04 Å². The molecule has 0 unspecified atom stereocenters. The highest BCUT2D eigenvalue weighted by Crippen LogP contribution is 1.98. The zero-order valence-corrected chi connectivity index (χ0v) is 17.6. The van der Waals surface area contributed by atoms with Gasteiger partial charge in [0.05, 0.1) is 52.9 Å². The van der Waals surface area contributed by atoms with Gasteiger partial charge in [-0.1, -0.05) is 13.8 Å². The highest BCUT2D eigenvalue weighted by Gasteiger charge is 1.98. The number of rotatable bonds is 23. The maximum Gasteiger partial charge on any atom is 0.301 e. The molecule has 28 heavy (non-hydrogen) atoms. The average Bonchev–Trinajstić information content (AvgIpc) is 2.65. The van der Waals surface area contributed by atoms with Gasteiger partial charge < -0.3 is 28.4 Å².